The summed E-state index contributed by atoms with van der Waals surface area (Å²) in [4.78, 5) is 19.2. The molecule has 1 heterocycles. The summed E-state index contributed by atoms with van der Waals surface area (Å²) in [6.45, 7) is 1.92. The summed E-state index contributed by atoms with van der Waals surface area (Å²) in [5.74, 6) is 5.74. The number of nitrogens with two attached hydrogens (primary N) is 1. The largest absolute Gasteiger partial charge is 0.465 e. The predicted molar refractivity (Wildman–Crippen MR) is 74.9 cm³/mol. The Balaban J connectivity index is 2.34. The lowest BCUT2D eigenvalue weighted by molar-refractivity contribution is 0.0600. The van der Waals surface area contributed by atoms with Crippen molar-refractivity contribution in [2.45, 2.75) is 6.92 Å². The Hall–Kier alpha value is -2.87. The van der Waals surface area contributed by atoms with Crippen molar-refractivity contribution >= 4 is 11.9 Å². The Morgan fingerprint density at radius 3 is 2.60 bits per heavy atom. The zero-order chi connectivity index (χ0) is 14.5. The van der Waals surface area contributed by atoms with Crippen LogP contribution in [-0.4, -0.2) is 23.0 Å². The van der Waals surface area contributed by atoms with Gasteiger partial charge in [0.05, 0.1) is 18.2 Å². The molecule has 0 unspecified atom stereocenters. The van der Waals surface area contributed by atoms with E-state index < -0.39 is 0 Å². The van der Waals surface area contributed by atoms with Crippen LogP contribution in [0.15, 0.2) is 30.6 Å². The second-order valence-corrected chi connectivity index (χ2v) is 4.10. The summed E-state index contributed by atoms with van der Waals surface area (Å²) >= 11 is 0. The third kappa shape index (κ3) is 3.12. The van der Waals surface area contributed by atoms with Gasteiger partial charge in [-0.05, 0) is 24.6 Å². The van der Waals surface area contributed by atoms with E-state index in [1.807, 2.05) is 13.0 Å². The molecular formula is C15H13N3O2. The van der Waals surface area contributed by atoms with Gasteiger partial charge in [-0.2, -0.15) is 0 Å². The summed E-state index contributed by atoms with van der Waals surface area (Å²) in [6.07, 6.45) is 3.10. The number of aromatic nitrogens is 2. The normalized spacial score (nSPS) is 9.50. The molecule has 5 nitrogen and oxygen atoms in total. The number of hydrogen-bond donors (Lipinski definition) is 1. The number of nitrogen functional groups attached to an aromatic ring is 1. The summed E-state index contributed by atoms with van der Waals surface area (Å²) in [5.41, 5.74) is 8.26. The zero-order valence-electron chi connectivity index (χ0n) is 11.2. The molecule has 20 heavy (non-hydrogen) atoms. The first-order valence-corrected chi connectivity index (χ1v) is 5.88. The van der Waals surface area contributed by atoms with Crippen molar-refractivity contribution in [3.05, 3.63) is 52.8 Å². The smallest absolute Gasteiger partial charge is 0.337 e. The van der Waals surface area contributed by atoms with Gasteiger partial charge in [0, 0.05) is 18.0 Å². The standard InChI is InChI=1S/C15H13N3O2/c1-10-3-5-13(14(19)20-2)7-12(10)6-4-11-8-17-15(16)18-9-11/h3,5,7-9H,1-2H3,(H2,16,17,18). The van der Waals surface area contributed by atoms with Crippen LogP contribution in [0.3, 0.4) is 0 Å². The van der Waals surface area contributed by atoms with Crippen LogP contribution in [0.5, 0.6) is 0 Å². The number of carbonyl (C=O) groups excluding carboxylic acids is 1. The molecule has 5 heteroatoms. The van der Waals surface area contributed by atoms with E-state index in [1.165, 1.54) is 7.11 Å². The van der Waals surface area contributed by atoms with Gasteiger partial charge in [-0.3, -0.25) is 0 Å². The molecule has 0 bridgehead atoms. The van der Waals surface area contributed by atoms with Gasteiger partial charge in [0.25, 0.3) is 0 Å². The van der Waals surface area contributed by atoms with E-state index in [0.717, 1.165) is 11.1 Å². The molecule has 0 saturated carbocycles. The molecule has 0 aliphatic heterocycles. The number of nitrogens with zero attached hydrogens (tertiary/aromatic N) is 2. The predicted octanol–water partition coefficient (Wildman–Crippen LogP) is 1.55. The van der Waals surface area contributed by atoms with Crippen molar-refractivity contribution in [1.29, 1.82) is 0 Å². The van der Waals surface area contributed by atoms with Crippen LogP contribution in [0.1, 0.15) is 27.0 Å². The highest BCUT2D eigenvalue weighted by molar-refractivity contribution is 5.89. The molecule has 0 saturated heterocycles. The highest BCUT2D eigenvalue weighted by Gasteiger charge is 2.06. The minimum Gasteiger partial charge on any atom is -0.465 e. The van der Waals surface area contributed by atoms with E-state index in [0.29, 0.717) is 11.1 Å². The molecule has 1 aromatic heterocycles. The number of aryl methyl sites for hydroxylation is 1. The van der Waals surface area contributed by atoms with Crippen molar-refractivity contribution in [3.63, 3.8) is 0 Å². The second kappa shape index (κ2) is 5.85. The Morgan fingerprint density at radius 2 is 1.95 bits per heavy atom. The number of anilines is 1. The summed E-state index contributed by atoms with van der Waals surface area (Å²) in [5, 5.41) is 0. The Labute approximate surface area is 116 Å². The first-order valence-electron chi connectivity index (χ1n) is 5.88. The van der Waals surface area contributed by atoms with Gasteiger partial charge in [0.2, 0.25) is 5.95 Å². The van der Waals surface area contributed by atoms with Gasteiger partial charge in [-0.25, -0.2) is 14.8 Å². The molecule has 0 fully saturated rings. The van der Waals surface area contributed by atoms with Crippen molar-refractivity contribution in [1.82, 2.24) is 9.97 Å². The number of esters is 1. The molecule has 100 valence electrons. The van der Waals surface area contributed by atoms with E-state index in [9.17, 15) is 4.79 Å². The fourth-order valence-corrected chi connectivity index (χ4v) is 1.54. The number of methoxy groups -OCH3 is 1. The molecular weight excluding hydrogens is 254 g/mol. The van der Waals surface area contributed by atoms with E-state index in [-0.39, 0.29) is 11.9 Å². The molecule has 0 aliphatic carbocycles. The van der Waals surface area contributed by atoms with Crippen molar-refractivity contribution in [3.8, 4) is 11.8 Å². The van der Waals surface area contributed by atoms with Crippen LogP contribution in [0.2, 0.25) is 0 Å². The van der Waals surface area contributed by atoms with Crippen LogP contribution in [0.4, 0.5) is 5.95 Å². The van der Waals surface area contributed by atoms with Gasteiger partial charge >= 0.3 is 5.97 Å². The van der Waals surface area contributed by atoms with E-state index in [1.54, 1.807) is 24.5 Å². The van der Waals surface area contributed by atoms with Crippen molar-refractivity contribution < 1.29 is 9.53 Å². The Kier molecular flexibility index (Phi) is 3.96. The summed E-state index contributed by atoms with van der Waals surface area (Å²) in [6, 6.07) is 5.24. The molecule has 2 rings (SSSR count). The Morgan fingerprint density at radius 1 is 1.25 bits per heavy atom. The van der Waals surface area contributed by atoms with Crippen LogP contribution < -0.4 is 5.73 Å². The van der Waals surface area contributed by atoms with Gasteiger partial charge in [0.1, 0.15) is 0 Å². The molecule has 2 N–H and O–H groups in total. The van der Waals surface area contributed by atoms with Gasteiger partial charge in [-0.15, -0.1) is 0 Å². The minimum atomic E-state index is -0.385. The monoisotopic (exact) mass is 267 g/mol. The van der Waals surface area contributed by atoms with E-state index in [4.69, 9.17) is 5.73 Å². The fraction of sp³-hybridized carbons (Fsp3) is 0.133. The number of hydrogen-bond acceptors (Lipinski definition) is 5. The molecule has 0 spiro atoms. The maximum absolute atomic E-state index is 11.5. The maximum Gasteiger partial charge on any atom is 0.337 e. The third-order valence-corrected chi connectivity index (χ3v) is 2.67. The van der Waals surface area contributed by atoms with E-state index >= 15 is 0 Å². The van der Waals surface area contributed by atoms with Gasteiger partial charge < -0.3 is 10.5 Å². The van der Waals surface area contributed by atoms with Crippen molar-refractivity contribution in [2.75, 3.05) is 12.8 Å². The number of benzene rings is 1. The molecule has 0 aliphatic rings. The second-order valence-electron chi connectivity index (χ2n) is 4.10. The van der Waals surface area contributed by atoms with Crippen LogP contribution in [-0.2, 0) is 4.74 Å². The zero-order valence-corrected chi connectivity index (χ0v) is 11.2. The number of carbonyl (C=O) groups is 1. The molecule has 0 amide bonds. The first-order chi connectivity index (χ1) is 9.60. The molecule has 0 atom stereocenters. The molecule has 1 aromatic carbocycles. The lowest BCUT2D eigenvalue weighted by atomic mass is 10.1. The van der Waals surface area contributed by atoms with Crippen LogP contribution >= 0.6 is 0 Å². The number of rotatable bonds is 1. The Bertz CT molecular complexity index is 697. The minimum absolute atomic E-state index is 0.208. The summed E-state index contributed by atoms with van der Waals surface area (Å²) < 4.78 is 4.69. The first kappa shape index (κ1) is 13.6. The third-order valence-electron chi connectivity index (χ3n) is 2.67. The van der Waals surface area contributed by atoms with Crippen LogP contribution in [0, 0.1) is 18.8 Å². The lowest BCUT2D eigenvalue weighted by Gasteiger charge is -2.02. The molecule has 2 aromatic rings. The average molecular weight is 267 g/mol. The van der Waals surface area contributed by atoms with Crippen molar-refractivity contribution in [2.24, 2.45) is 0 Å². The topological polar surface area (TPSA) is 78.1 Å². The fourth-order valence-electron chi connectivity index (χ4n) is 1.54. The SMILES string of the molecule is COC(=O)c1ccc(C)c(C#Cc2cnc(N)nc2)c1. The van der Waals surface area contributed by atoms with Crippen LogP contribution in [0.25, 0.3) is 0 Å². The highest BCUT2D eigenvalue weighted by Crippen LogP contribution is 2.11. The summed E-state index contributed by atoms with van der Waals surface area (Å²) in [7, 11) is 1.35. The highest BCUT2D eigenvalue weighted by atomic mass is 16.5. The van der Waals surface area contributed by atoms with Gasteiger partial charge in [0.15, 0.2) is 0 Å². The quantitative estimate of drug-likeness (QED) is 0.626. The number of ether oxygens (including phenoxy) is 1. The molecule has 0 radical (unpaired) electrons. The average Bonchev–Trinajstić information content (AvgIpc) is 2.47. The van der Waals surface area contributed by atoms with Gasteiger partial charge in [-0.1, -0.05) is 17.9 Å². The lowest BCUT2D eigenvalue weighted by Crippen LogP contribution is -2.01. The van der Waals surface area contributed by atoms with E-state index in [2.05, 4.69) is 26.5 Å². The maximum atomic E-state index is 11.5.